The fraction of sp³-hybridized carbons (Fsp3) is 0.500. The molecule has 0 radical (unpaired) electrons. The van der Waals surface area contributed by atoms with Gasteiger partial charge < -0.3 is 4.52 Å². The molecular weight excluding hydrogens is 314 g/mol. The lowest BCUT2D eigenvalue weighted by atomic mass is 9.89. The van der Waals surface area contributed by atoms with E-state index in [-0.39, 0.29) is 17.1 Å². The van der Waals surface area contributed by atoms with Gasteiger partial charge >= 0.3 is 0 Å². The molecule has 1 aromatic carbocycles. The van der Waals surface area contributed by atoms with Crippen molar-refractivity contribution in [1.82, 2.24) is 14.4 Å². The van der Waals surface area contributed by atoms with Crippen LogP contribution in [0.25, 0.3) is 0 Å². The Morgan fingerprint density at radius 1 is 1.13 bits per heavy atom. The van der Waals surface area contributed by atoms with Crippen LogP contribution in [0.4, 0.5) is 0 Å². The van der Waals surface area contributed by atoms with E-state index in [0.29, 0.717) is 24.8 Å². The van der Waals surface area contributed by atoms with Gasteiger partial charge in [0.05, 0.1) is 11.2 Å². The van der Waals surface area contributed by atoms with Crippen LogP contribution in [0.3, 0.4) is 0 Å². The first kappa shape index (κ1) is 14.8. The number of aryl methyl sites for hydroxylation is 1. The maximum atomic E-state index is 12.6. The summed E-state index contributed by atoms with van der Waals surface area (Å²) in [5.41, 5.74) is 1.11. The van der Waals surface area contributed by atoms with E-state index < -0.39 is 10.0 Å². The average Bonchev–Trinajstić information content (AvgIpc) is 3.18. The van der Waals surface area contributed by atoms with Crippen molar-refractivity contribution < 1.29 is 12.9 Å². The molecule has 2 aromatic rings. The summed E-state index contributed by atoms with van der Waals surface area (Å²) in [6, 6.07) is 9.98. The standard InChI is InChI=1S/C16H19N3O3S/c1-11-17-16(22-18-11)15-10-19(23(20,21)13-7-8-13)9-14(15)12-5-3-2-4-6-12/h2-6,13-15H,7-10H2,1H3/t14-,15-/m0/s1. The normalized spacial score (nSPS) is 25.8. The van der Waals surface area contributed by atoms with Gasteiger partial charge in [0.25, 0.3) is 0 Å². The second kappa shape index (κ2) is 5.42. The SMILES string of the molecule is Cc1noc([C@H]2CN(S(=O)(=O)C3CC3)C[C@H]2c2ccccc2)n1. The minimum atomic E-state index is -3.20. The Labute approximate surface area is 135 Å². The van der Waals surface area contributed by atoms with Crippen LogP contribution in [-0.4, -0.2) is 41.2 Å². The number of aromatic nitrogens is 2. The molecule has 0 spiro atoms. The minimum Gasteiger partial charge on any atom is -0.339 e. The monoisotopic (exact) mass is 333 g/mol. The van der Waals surface area contributed by atoms with Crippen LogP contribution in [0, 0.1) is 6.92 Å². The van der Waals surface area contributed by atoms with Crippen LogP contribution in [0.2, 0.25) is 0 Å². The molecule has 1 aliphatic carbocycles. The van der Waals surface area contributed by atoms with E-state index in [9.17, 15) is 8.42 Å². The lowest BCUT2D eigenvalue weighted by Gasteiger charge is -2.16. The van der Waals surface area contributed by atoms with Crippen LogP contribution >= 0.6 is 0 Å². The van der Waals surface area contributed by atoms with Crippen molar-refractivity contribution in [3.8, 4) is 0 Å². The minimum absolute atomic E-state index is 0.0459. The molecule has 2 atom stereocenters. The molecule has 1 aromatic heterocycles. The topological polar surface area (TPSA) is 76.3 Å². The van der Waals surface area contributed by atoms with E-state index in [1.807, 2.05) is 30.3 Å². The Bertz CT molecular complexity index is 799. The number of benzene rings is 1. The summed E-state index contributed by atoms with van der Waals surface area (Å²) >= 11 is 0. The fourth-order valence-electron chi connectivity index (χ4n) is 3.30. The lowest BCUT2D eigenvalue weighted by molar-refractivity contribution is 0.345. The van der Waals surface area contributed by atoms with E-state index in [4.69, 9.17) is 4.52 Å². The molecule has 2 aliphatic rings. The quantitative estimate of drug-likeness (QED) is 0.856. The predicted octanol–water partition coefficient (Wildman–Crippen LogP) is 2.05. The summed E-state index contributed by atoms with van der Waals surface area (Å²) < 4.78 is 32.2. The number of hydrogen-bond acceptors (Lipinski definition) is 5. The van der Waals surface area contributed by atoms with Crippen LogP contribution in [0.1, 0.15) is 42.0 Å². The molecule has 6 nitrogen and oxygen atoms in total. The predicted molar refractivity (Wildman–Crippen MR) is 84.5 cm³/mol. The molecule has 2 heterocycles. The molecule has 7 heteroatoms. The summed E-state index contributed by atoms with van der Waals surface area (Å²) in [7, 11) is -3.20. The van der Waals surface area contributed by atoms with Gasteiger partial charge in [-0.05, 0) is 25.3 Å². The molecule has 4 rings (SSSR count). The smallest absolute Gasteiger partial charge is 0.231 e. The molecule has 0 amide bonds. The molecule has 1 aliphatic heterocycles. The zero-order valence-electron chi connectivity index (χ0n) is 12.9. The Balaban J connectivity index is 1.69. The van der Waals surface area contributed by atoms with E-state index in [2.05, 4.69) is 10.1 Å². The molecule has 0 N–H and O–H groups in total. The third-order valence-electron chi connectivity index (χ3n) is 4.68. The van der Waals surface area contributed by atoms with Crippen molar-refractivity contribution in [3.63, 3.8) is 0 Å². The lowest BCUT2D eigenvalue weighted by Crippen LogP contribution is -2.31. The van der Waals surface area contributed by atoms with E-state index in [0.717, 1.165) is 18.4 Å². The first-order chi connectivity index (χ1) is 11.1. The maximum Gasteiger partial charge on any atom is 0.231 e. The van der Waals surface area contributed by atoms with E-state index >= 15 is 0 Å². The third-order valence-corrected chi connectivity index (χ3v) is 7.01. The molecule has 1 saturated heterocycles. The van der Waals surface area contributed by atoms with Crippen LogP contribution in [0.5, 0.6) is 0 Å². The zero-order valence-corrected chi connectivity index (χ0v) is 13.7. The summed E-state index contributed by atoms with van der Waals surface area (Å²) in [6.45, 7) is 2.67. The van der Waals surface area contributed by atoms with Crippen molar-refractivity contribution >= 4 is 10.0 Å². The Morgan fingerprint density at radius 3 is 2.43 bits per heavy atom. The van der Waals surface area contributed by atoms with Crippen LogP contribution in [-0.2, 0) is 10.0 Å². The molecule has 0 unspecified atom stereocenters. The summed E-state index contributed by atoms with van der Waals surface area (Å²) in [6.07, 6.45) is 1.55. The first-order valence-electron chi connectivity index (χ1n) is 7.90. The second-order valence-corrected chi connectivity index (χ2v) is 8.58. The Morgan fingerprint density at radius 2 is 1.83 bits per heavy atom. The number of hydrogen-bond donors (Lipinski definition) is 0. The average molecular weight is 333 g/mol. The second-order valence-electron chi connectivity index (χ2n) is 6.36. The highest BCUT2D eigenvalue weighted by Gasteiger charge is 2.47. The van der Waals surface area contributed by atoms with Crippen LogP contribution < -0.4 is 0 Å². The van der Waals surface area contributed by atoms with Gasteiger partial charge in [0.1, 0.15) is 0 Å². The summed E-state index contributed by atoms with van der Waals surface area (Å²) in [5, 5.41) is 3.68. The largest absolute Gasteiger partial charge is 0.339 e. The van der Waals surface area contributed by atoms with Gasteiger partial charge in [-0.25, -0.2) is 12.7 Å². The maximum absolute atomic E-state index is 12.6. The summed E-state index contributed by atoms with van der Waals surface area (Å²) in [5.74, 6) is 1.07. The fourth-order valence-corrected chi connectivity index (χ4v) is 5.19. The number of sulfonamides is 1. The van der Waals surface area contributed by atoms with Crippen molar-refractivity contribution in [2.24, 2.45) is 0 Å². The van der Waals surface area contributed by atoms with Gasteiger partial charge in [0.2, 0.25) is 15.9 Å². The number of nitrogens with zero attached hydrogens (tertiary/aromatic N) is 3. The summed E-state index contributed by atoms with van der Waals surface area (Å²) in [4.78, 5) is 4.35. The Kier molecular flexibility index (Phi) is 3.50. The van der Waals surface area contributed by atoms with E-state index in [1.165, 1.54) is 0 Å². The molecule has 122 valence electrons. The highest BCUT2D eigenvalue weighted by Crippen LogP contribution is 2.42. The molecule has 1 saturated carbocycles. The Hall–Kier alpha value is -1.73. The molecule has 0 bridgehead atoms. The van der Waals surface area contributed by atoms with Crippen molar-refractivity contribution in [2.75, 3.05) is 13.1 Å². The highest BCUT2D eigenvalue weighted by molar-refractivity contribution is 7.90. The third kappa shape index (κ3) is 2.68. The van der Waals surface area contributed by atoms with Crippen molar-refractivity contribution in [1.29, 1.82) is 0 Å². The van der Waals surface area contributed by atoms with Gasteiger partial charge in [-0.3, -0.25) is 0 Å². The molecule has 2 fully saturated rings. The van der Waals surface area contributed by atoms with Gasteiger partial charge in [0.15, 0.2) is 5.82 Å². The van der Waals surface area contributed by atoms with Crippen molar-refractivity contribution in [3.05, 3.63) is 47.6 Å². The van der Waals surface area contributed by atoms with Gasteiger partial charge in [0, 0.05) is 19.0 Å². The van der Waals surface area contributed by atoms with Gasteiger partial charge in [-0.15, -0.1) is 0 Å². The van der Waals surface area contributed by atoms with Crippen LogP contribution in [0.15, 0.2) is 34.9 Å². The van der Waals surface area contributed by atoms with Gasteiger partial charge in [-0.1, -0.05) is 35.5 Å². The molecule has 23 heavy (non-hydrogen) atoms. The zero-order chi connectivity index (χ0) is 16.0. The van der Waals surface area contributed by atoms with Gasteiger partial charge in [-0.2, -0.15) is 4.98 Å². The first-order valence-corrected chi connectivity index (χ1v) is 9.40. The molecular formula is C16H19N3O3S. The number of rotatable bonds is 4. The van der Waals surface area contributed by atoms with Crippen molar-refractivity contribution in [2.45, 2.75) is 36.9 Å². The highest BCUT2D eigenvalue weighted by atomic mass is 32.2. The van der Waals surface area contributed by atoms with E-state index in [1.54, 1.807) is 11.2 Å².